The number of nitrogens with zero attached hydrogens (tertiary/aromatic N) is 1. The van der Waals surface area contributed by atoms with Crippen molar-refractivity contribution in [3.05, 3.63) is 29.1 Å². The maximum absolute atomic E-state index is 11.3. The van der Waals surface area contributed by atoms with Crippen LogP contribution in [0.15, 0.2) is 12.3 Å². The molecule has 0 spiro atoms. The Bertz CT molecular complexity index is 427. The monoisotopic (exact) mass is 189 g/mol. The number of rotatable bonds is 1. The Morgan fingerprint density at radius 1 is 1.57 bits per heavy atom. The van der Waals surface area contributed by atoms with Crippen molar-refractivity contribution in [2.75, 3.05) is 0 Å². The largest absolute Gasteiger partial charge is 0.298 e. The molecule has 0 saturated carbocycles. The van der Waals surface area contributed by atoms with Crippen LogP contribution in [0.1, 0.15) is 39.8 Å². The minimum Gasteiger partial charge on any atom is -0.298 e. The number of allylic oxidation sites excluding steroid dienone is 1. The minimum atomic E-state index is -0.0374. The fraction of sp³-hybridized carbons (Fsp3) is 0.273. The second-order valence-corrected chi connectivity index (χ2v) is 3.39. The normalized spacial score (nSPS) is 13.8. The van der Waals surface area contributed by atoms with Gasteiger partial charge in [-0.3, -0.25) is 14.2 Å². The third-order valence-electron chi connectivity index (χ3n) is 2.48. The van der Waals surface area contributed by atoms with Crippen LogP contribution in [-0.2, 0) is 6.42 Å². The molecule has 1 heterocycles. The first-order chi connectivity index (χ1) is 6.74. The van der Waals surface area contributed by atoms with Gasteiger partial charge in [-0.05, 0) is 12.8 Å². The number of hydrogen-bond donors (Lipinski definition) is 0. The van der Waals surface area contributed by atoms with Gasteiger partial charge in [0.05, 0.1) is 0 Å². The Morgan fingerprint density at radius 2 is 2.36 bits per heavy atom. The van der Waals surface area contributed by atoms with Crippen LogP contribution in [0.3, 0.4) is 0 Å². The van der Waals surface area contributed by atoms with Crippen molar-refractivity contribution in [1.82, 2.24) is 4.57 Å². The van der Waals surface area contributed by atoms with Crippen LogP contribution in [0.2, 0.25) is 0 Å². The molecule has 0 saturated heterocycles. The van der Waals surface area contributed by atoms with Crippen LogP contribution in [0, 0.1) is 0 Å². The summed E-state index contributed by atoms with van der Waals surface area (Å²) in [5.74, 6) is -0.0374. The third-order valence-corrected chi connectivity index (χ3v) is 2.48. The number of carbonyl (C=O) groups excluding carboxylic acids is 2. The standard InChI is InChI=1S/C11H11NO2/c1-8(14)12-6-9(7-13)10-4-2-3-5-11(10)12/h2,4,6-7H,3,5H2,1H3. The van der Waals surface area contributed by atoms with Crippen molar-refractivity contribution in [2.45, 2.75) is 19.8 Å². The second kappa shape index (κ2) is 3.25. The van der Waals surface area contributed by atoms with E-state index in [2.05, 4.69) is 0 Å². The van der Waals surface area contributed by atoms with Crippen molar-refractivity contribution in [1.29, 1.82) is 0 Å². The number of fused-ring (bicyclic) bond motifs is 1. The fourth-order valence-corrected chi connectivity index (χ4v) is 1.83. The molecule has 3 nitrogen and oxygen atoms in total. The number of aromatic nitrogens is 1. The molecule has 0 aliphatic heterocycles. The first-order valence-corrected chi connectivity index (χ1v) is 4.61. The molecule has 0 aromatic carbocycles. The van der Waals surface area contributed by atoms with Crippen molar-refractivity contribution in [3.8, 4) is 0 Å². The molecule has 1 aliphatic rings. The highest BCUT2D eigenvalue weighted by Gasteiger charge is 2.16. The lowest BCUT2D eigenvalue weighted by molar-refractivity contribution is 0.0933. The van der Waals surface area contributed by atoms with E-state index in [1.807, 2.05) is 12.2 Å². The predicted octanol–water partition coefficient (Wildman–Crippen LogP) is 1.92. The molecule has 1 aromatic rings. The molecule has 0 N–H and O–H groups in total. The molecule has 0 bridgehead atoms. The molecule has 0 amide bonds. The van der Waals surface area contributed by atoms with Gasteiger partial charge in [0.2, 0.25) is 5.91 Å². The Morgan fingerprint density at radius 3 is 3.00 bits per heavy atom. The molecule has 0 fully saturated rings. The SMILES string of the molecule is CC(=O)n1cc(C=O)c2c1CCC=C2. The summed E-state index contributed by atoms with van der Waals surface area (Å²) >= 11 is 0. The van der Waals surface area contributed by atoms with Gasteiger partial charge in [0.25, 0.3) is 0 Å². The van der Waals surface area contributed by atoms with Crippen LogP contribution in [0.25, 0.3) is 6.08 Å². The van der Waals surface area contributed by atoms with E-state index >= 15 is 0 Å². The summed E-state index contributed by atoms with van der Waals surface area (Å²) in [6, 6.07) is 0. The number of carbonyl (C=O) groups is 2. The van der Waals surface area contributed by atoms with Crippen LogP contribution in [0.4, 0.5) is 0 Å². The van der Waals surface area contributed by atoms with E-state index in [0.717, 1.165) is 30.4 Å². The summed E-state index contributed by atoms with van der Waals surface area (Å²) in [6.45, 7) is 1.51. The zero-order chi connectivity index (χ0) is 10.1. The minimum absolute atomic E-state index is 0.0374. The average Bonchev–Trinajstić information content (AvgIpc) is 2.56. The summed E-state index contributed by atoms with van der Waals surface area (Å²) in [7, 11) is 0. The third kappa shape index (κ3) is 1.21. The van der Waals surface area contributed by atoms with Crippen LogP contribution in [-0.4, -0.2) is 16.8 Å². The van der Waals surface area contributed by atoms with Crippen LogP contribution in [0.5, 0.6) is 0 Å². The number of aldehydes is 1. The van der Waals surface area contributed by atoms with Gasteiger partial charge >= 0.3 is 0 Å². The zero-order valence-corrected chi connectivity index (χ0v) is 7.99. The highest BCUT2D eigenvalue weighted by Crippen LogP contribution is 2.23. The van der Waals surface area contributed by atoms with Crippen molar-refractivity contribution in [3.63, 3.8) is 0 Å². The first kappa shape index (κ1) is 8.94. The Hall–Kier alpha value is -1.64. The van der Waals surface area contributed by atoms with Gasteiger partial charge in [0, 0.05) is 29.9 Å². The topological polar surface area (TPSA) is 39.1 Å². The maximum atomic E-state index is 11.3. The predicted molar refractivity (Wildman–Crippen MR) is 53.5 cm³/mol. The van der Waals surface area contributed by atoms with Crippen molar-refractivity contribution in [2.24, 2.45) is 0 Å². The van der Waals surface area contributed by atoms with Gasteiger partial charge in [-0.2, -0.15) is 0 Å². The summed E-state index contributed by atoms with van der Waals surface area (Å²) in [6.07, 6.45) is 8.13. The van der Waals surface area contributed by atoms with Crippen LogP contribution < -0.4 is 0 Å². The van der Waals surface area contributed by atoms with Gasteiger partial charge in [-0.15, -0.1) is 0 Å². The molecular weight excluding hydrogens is 178 g/mol. The molecule has 0 radical (unpaired) electrons. The Balaban J connectivity index is 2.65. The molecule has 72 valence electrons. The summed E-state index contributed by atoms with van der Waals surface area (Å²) in [5.41, 5.74) is 2.47. The quantitative estimate of drug-likeness (QED) is 0.633. The highest BCUT2D eigenvalue weighted by molar-refractivity contribution is 5.88. The van der Waals surface area contributed by atoms with E-state index in [9.17, 15) is 9.59 Å². The van der Waals surface area contributed by atoms with E-state index in [4.69, 9.17) is 0 Å². The lowest BCUT2D eigenvalue weighted by Gasteiger charge is -2.08. The Kier molecular flexibility index (Phi) is 2.08. The lowest BCUT2D eigenvalue weighted by Crippen LogP contribution is -2.09. The van der Waals surface area contributed by atoms with E-state index < -0.39 is 0 Å². The van der Waals surface area contributed by atoms with Gasteiger partial charge in [0.15, 0.2) is 6.29 Å². The molecule has 1 aromatic heterocycles. The summed E-state index contributed by atoms with van der Waals surface area (Å²) in [5, 5.41) is 0. The molecule has 0 unspecified atom stereocenters. The average molecular weight is 189 g/mol. The first-order valence-electron chi connectivity index (χ1n) is 4.61. The van der Waals surface area contributed by atoms with E-state index in [1.165, 1.54) is 6.92 Å². The van der Waals surface area contributed by atoms with E-state index in [1.54, 1.807) is 10.8 Å². The summed E-state index contributed by atoms with van der Waals surface area (Å²) < 4.78 is 1.57. The molecule has 14 heavy (non-hydrogen) atoms. The summed E-state index contributed by atoms with van der Waals surface area (Å²) in [4.78, 5) is 22.0. The molecule has 1 aliphatic carbocycles. The van der Waals surface area contributed by atoms with Crippen LogP contribution >= 0.6 is 0 Å². The lowest BCUT2D eigenvalue weighted by atomic mass is 10.0. The van der Waals surface area contributed by atoms with Gasteiger partial charge < -0.3 is 0 Å². The molecule has 2 rings (SSSR count). The molecule has 0 atom stereocenters. The van der Waals surface area contributed by atoms with E-state index in [0.29, 0.717) is 5.56 Å². The maximum Gasteiger partial charge on any atom is 0.227 e. The van der Waals surface area contributed by atoms with Crippen molar-refractivity contribution < 1.29 is 9.59 Å². The van der Waals surface area contributed by atoms with Gasteiger partial charge in [-0.25, -0.2) is 0 Å². The van der Waals surface area contributed by atoms with Gasteiger partial charge in [-0.1, -0.05) is 12.2 Å². The highest BCUT2D eigenvalue weighted by atomic mass is 16.1. The second-order valence-electron chi connectivity index (χ2n) is 3.39. The van der Waals surface area contributed by atoms with Crippen molar-refractivity contribution >= 4 is 18.3 Å². The zero-order valence-electron chi connectivity index (χ0n) is 7.99. The number of hydrogen-bond acceptors (Lipinski definition) is 2. The van der Waals surface area contributed by atoms with Gasteiger partial charge in [0.1, 0.15) is 0 Å². The Labute approximate surface area is 82.0 Å². The van der Waals surface area contributed by atoms with E-state index in [-0.39, 0.29) is 5.91 Å². The molecular formula is C11H11NO2. The molecule has 3 heteroatoms. The fourth-order valence-electron chi connectivity index (χ4n) is 1.83. The smallest absolute Gasteiger partial charge is 0.227 e.